The van der Waals surface area contributed by atoms with E-state index in [0.717, 1.165) is 25.1 Å². The summed E-state index contributed by atoms with van der Waals surface area (Å²) >= 11 is 0. The Morgan fingerprint density at radius 1 is 1.25 bits per heavy atom. The third-order valence-electron chi connectivity index (χ3n) is 2.47. The van der Waals surface area contributed by atoms with E-state index in [1.165, 1.54) is 0 Å². The van der Waals surface area contributed by atoms with Crippen LogP contribution in [0.5, 0.6) is 0 Å². The summed E-state index contributed by atoms with van der Waals surface area (Å²) in [5, 5.41) is 17.9. The Bertz CT molecular complexity index is 303. The second-order valence-corrected chi connectivity index (χ2v) is 4.00. The molecule has 0 spiro atoms. The Morgan fingerprint density at radius 2 is 1.88 bits per heavy atom. The van der Waals surface area contributed by atoms with Gasteiger partial charge in [-0.05, 0) is 37.6 Å². The van der Waals surface area contributed by atoms with Gasteiger partial charge in [0.1, 0.15) is 0 Å². The summed E-state index contributed by atoms with van der Waals surface area (Å²) in [6.07, 6.45) is 0.990. The maximum Gasteiger partial charge on any atom is 0.488 e. The van der Waals surface area contributed by atoms with Crippen LogP contribution in [0.2, 0.25) is 0 Å². The fourth-order valence-corrected chi connectivity index (χ4v) is 1.55. The second kappa shape index (κ2) is 6.65. The van der Waals surface area contributed by atoms with E-state index < -0.39 is 7.12 Å². The van der Waals surface area contributed by atoms with Crippen molar-refractivity contribution in [2.45, 2.75) is 13.0 Å². The number of benzene rings is 1. The fourth-order valence-electron chi connectivity index (χ4n) is 1.55. The number of hydrogen-bond acceptors (Lipinski definition) is 4. The van der Waals surface area contributed by atoms with Crippen molar-refractivity contribution in [2.24, 2.45) is 5.73 Å². The van der Waals surface area contributed by atoms with Crippen LogP contribution in [0.25, 0.3) is 0 Å². The number of hydrogen-bond donors (Lipinski definition) is 3. The average molecular weight is 222 g/mol. The predicted molar refractivity (Wildman–Crippen MR) is 66.3 cm³/mol. The molecule has 88 valence electrons. The zero-order valence-corrected chi connectivity index (χ0v) is 9.63. The number of nitrogens with zero attached hydrogens (tertiary/aromatic N) is 1. The molecule has 0 radical (unpaired) electrons. The minimum absolute atomic E-state index is 0.522. The zero-order valence-electron chi connectivity index (χ0n) is 9.63. The van der Waals surface area contributed by atoms with Crippen LogP contribution in [-0.2, 0) is 6.54 Å². The van der Waals surface area contributed by atoms with Crippen LogP contribution in [0.1, 0.15) is 12.0 Å². The maximum absolute atomic E-state index is 8.94. The summed E-state index contributed by atoms with van der Waals surface area (Å²) in [7, 11) is 0.661. The second-order valence-electron chi connectivity index (χ2n) is 4.00. The SMILES string of the molecule is CN(CCCN)Cc1ccc(B(O)O)cc1. The fraction of sp³-hybridized carbons (Fsp3) is 0.455. The van der Waals surface area contributed by atoms with Gasteiger partial charge in [-0.1, -0.05) is 24.3 Å². The van der Waals surface area contributed by atoms with Gasteiger partial charge in [-0.3, -0.25) is 0 Å². The Morgan fingerprint density at radius 3 is 2.38 bits per heavy atom. The first-order valence-electron chi connectivity index (χ1n) is 5.47. The number of rotatable bonds is 6. The maximum atomic E-state index is 8.94. The Kier molecular flexibility index (Phi) is 5.48. The first-order valence-corrected chi connectivity index (χ1v) is 5.47. The average Bonchev–Trinajstić information content (AvgIpc) is 2.27. The Hall–Kier alpha value is -0.875. The molecule has 0 unspecified atom stereocenters. The topological polar surface area (TPSA) is 69.7 Å². The predicted octanol–water partition coefficient (Wildman–Crippen LogP) is -0.853. The van der Waals surface area contributed by atoms with Crippen molar-refractivity contribution in [2.75, 3.05) is 20.1 Å². The van der Waals surface area contributed by atoms with Crippen molar-refractivity contribution in [3.63, 3.8) is 0 Å². The van der Waals surface area contributed by atoms with E-state index >= 15 is 0 Å². The quantitative estimate of drug-likeness (QED) is 0.548. The monoisotopic (exact) mass is 222 g/mol. The van der Waals surface area contributed by atoms with Crippen LogP contribution in [0.4, 0.5) is 0 Å². The minimum Gasteiger partial charge on any atom is -0.423 e. The van der Waals surface area contributed by atoms with Gasteiger partial charge in [-0.25, -0.2) is 0 Å². The van der Waals surface area contributed by atoms with Crippen molar-refractivity contribution in [3.8, 4) is 0 Å². The molecule has 4 N–H and O–H groups in total. The molecule has 0 aliphatic rings. The molecule has 1 aromatic rings. The lowest BCUT2D eigenvalue weighted by atomic mass is 9.80. The van der Waals surface area contributed by atoms with Gasteiger partial charge in [0.25, 0.3) is 0 Å². The molecule has 0 fully saturated rings. The van der Waals surface area contributed by atoms with E-state index in [-0.39, 0.29) is 0 Å². The van der Waals surface area contributed by atoms with Crippen LogP contribution in [0.3, 0.4) is 0 Å². The van der Waals surface area contributed by atoms with E-state index in [9.17, 15) is 0 Å². The van der Waals surface area contributed by atoms with Crippen LogP contribution >= 0.6 is 0 Å². The van der Waals surface area contributed by atoms with Gasteiger partial charge in [-0.2, -0.15) is 0 Å². The highest BCUT2D eigenvalue weighted by atomic mass is 16.4. The normalized spacial score (nSPS) is 10.8. The molecule has 1 rings (SSSR count). The van der Waals surface area contributed by atoms with E-state index in [0.29, 0.717) is 12.0 Å². The summed E-state index contributed by atoms with van der Waals surface area (Å²) < 4.78 is 0. The zero-order chi connectivity index (χ0) is 12.0. The highest BCUT2D eigenvalue weighted by Crippen LogP contribution is 2.02. The molecule has 16 heavy (non-hydrogen) atoms. The smallest absolute Gasteiger partial charge is 0.423 e. The van der Waals surface area contributed by atoms with Crippen molar-refractivity contribution in [1.82, 2.24) is 4.90 Å². The third kappa shape index (κ3) is 4.32. The van der Waals surface area contributed by atoms with Crippen LogP contribution in [0.15, 0.2) is 24.3 Å². The Balaban J connectivity index is 2.48. The van der Waals surface area contributed by atoms with Crippen LogP contribution in [-0.4, -0.2) is 42.2 Å². The summed E-state index contributed by atoms with van der Waals surface area (Å²) in [4.78, 5) is 2.19. The van der Waals surface area contributed by atoms with Crippen molar-refractivity contribution < 1.29 is 10.0 Å². The van der Waals surface area contributed by atoms with Gasteiger partial charge in [0.05, 0.1) is 0 Å². The molecule has 0 aliphatic carbocycles. The van der Waals surface area contributed by atoms with E-state index in [1.54, 1.807) is 12.1 Å². The third-order valence-corrected chi connectivity index (χ3v) is 2.47. The lowest BCUT2D eigenvalue weighted by molar-refractivity contribution is 0.324. The van der Waals surface area contributed by atoms with Gasteiger partial charge >= 0.3 is 7.12 Å². The molecule has 0 aliphatic heterocycles. The molecule has 0 atom stereocenters. The summed E-state index contributed by atoms with van der Waals surface area (Å²) in [6, 6.07) is 7.29. The molecule has 0 amide bonds. The van der Waals surface area contributed by atoms with Gasteiger partial charge in [-0.15, -0.1) is 0 Å². The number of nitrogens with two attached hydrogens (primary N) is 1. The molecule has 0 aromatic heterocycles. The summed E-state index contributed by atoms with van der Waals surface area (Å²) in [5.41, 5.74) is 7.12. The van der Waals surface area contributed by atoms with Gasteiger partial charge in [0.15, 0.2) is 0 Å². The first kappa shape index (κ1) is 13.2. The van der Waals surface area contributed by atoms with Crippen molar-refractivity contribution >= 4 is 12.6 Å². The molecule has 5 heteroatoms. The molecule has 1 aromatic carbocycles. The lowest BCUT2D eigenvalue weighted by Crippen LogP contribution is -2.29. The van der Waals surface area contributed by atoms with Crippen LogP contribution in [0, 0.1) is 0 Å². The molecule has 4 nitrogen and oxygen atoms in total. The largest absolute Gasteiger partial charge is 0.488 e. The lowest BCUT2D eigenvalue weighted by Gasteiger charge is -2.16. The van der Waals surface area contributed by atoms with E-state index in [4.69, 9.17) is 15.8 Å². The van der Waals surface area contributed by atoms with Gasteiger partial charge < -0.3 is 20.7 Å². The molecule has 0 saturated carbocycles. The van der Waals surface area contributed by atoms with Gasteiger partial charge in [0.2, 0.25) is 0 Å². The highest BCUT2D eigenvalue weighted by molar-refractivity contribution is 6.58. The molecular formula is C11H19BN2O2. The summed E-state index contributed by atoms with van der Waals surface area (Å²) in [6.45, 7) is 2.53. The van der Waals surface area contributed by atoms with E-state index in [2.05, 4.69) is 4.90 Å². The Labute approximate surface area is 96.8 Å². The molecule has 0 bridgehead atoms. The van der Waals surface area contributed by atoms with Crippen molar-refractivity contribution in [1.29, 1.82) is 0 Å². The van der Waals surface area contributed by atoms with Crippen LogP contribution < -0.4 is 11.2 Å². The highest BCUT2D eigenvalue weighted by Gasteiger charge is 2.09. The van der Waals surface area contributed by atoms with Gasteiger partial charge in [0, 0.05) is 6.54 Å². The van der Waals surface area contributed by atoms with Crippen molar-refractivity contribution in [3.05, 3.63) is 29.8 Å². The first-order chi connectivity index (χ1) is 7.63. The minimum atomic E-state index is -1.39. The summed E-state index contributed by atoms with van der Waals surface area (Å²) in [5.74, 6) is 0. The standard InChI is InChI=1S/C11H19BN2O2/c1-14(8-2-7-13)9-10-3-5-11(6-4-10)12(15)16/h3-6,15-16H,2,7-9,13H2,1H3. The molecule has 0 saturated heterocycles. The molecular weight excluding hydrogens is 203 g/mol. The van der Waals surface area contributed by atoms with E-state index in [1.807, 2.05) is 19.2 Å². The molecule has 0 heterocycles.